The van der Waals surface area contributed by atoms with Crippen LogP contribution < -0.4 is 24.8 Å². The number of allylic oxidation sites excluding steroid dienone is 6. The van der Waals surface area contributed by atoms with Gasteiger partial charge in [0.15, 0.2) is 0 Å². The fourth-order valence-corrected chi connectivity index (χ4v) is 9.18. The van der Waals surface area contributed by atoms with E-state index in [2.05, 4.69) is 143 Å². The first-order valence-electron chi connectivity index (χ1n) is 16.1. The van der Waals surface area contributed by atoms with E-state index in [0.717, 1.165) is 6.42 Å². The minimum Gasteiger partial charge on any atom is -1.00 e. The second-order valence-corrected chi connectivity index (χ2v) is 16.1. The summed E-state index contributed by atoms with van der Waals surface area (Å²) in [5.41, 5.74) is 14.9. The maximum Gasteiger partial charge on any atom is -1.00 e. The Kier molecular flexibility index (Phi) is 11.8. The second kappa shape index (κ2) is 13.2. The summed E-state index contributed by atoms with van der Waals surface area (Å²) < 4.78 is 3.34. The van der Waals surface area contributed by atoms with Crippen molar-refractivity contribution in [1.29, 1.82) is 0 Å². The van der Waals surface area contributed by atoms with Gasteiger partial charge >= 0.3 is 28.4 Å². The molecular weight excluding hydrogens is 655 g/mol. The molecule has 0 bridgehead atoms. The monoisotopic (exact) mass is 708 g/mol. The smallest absolute Gasteiger partial charge is 1.00 e. The van der Waals surface area contributed by atoms with Gasteiger partial charge in [-0.2, -0.15) is 33.9 Å². The van der Waals surface area contributed by atoms with Crippen LogP contribution in [0.4, 0.5) is 0 Å². The van der Waals surface area contributed by atoms with Crippen molar-refractivity contribution < 1.29 is 49.0 Å². The zero-order valence-electron chi connectivity index (χ0n) is 29.8. The fraction of sp³-hybridized carbons (Fsp3) is 0.537. The van der Waals surface area contributed by atoms with E-state index >= 15 is 0 Å². The average molecular weight is 711 g/mol. The van der Waals surface area contributed by atoms with E-state index in [1.165, 1.54) is 64.9 Å². The van der Waals surface area contributed by atoms with Crippen LogP contribution in [0.2, 0.25) is 0 Å². The van der Waals surface area contributed by atoms with Crippen molar-refractivity contribution in [2.24, 2.45) is 27.6 Å². The number of fused-ring (bicyclic) bond motifs is 6. The predicted molar refractivity (Wildman–Crippen MR) is 182 cm³/mol. The van der Waals surface area contributed by atoms with Crippen molar-refractivity contribution in [3.05, 3.63) is 99.0 Å². The molecule has 240 valence electrons. The van der Waals surface area contributed by atoms with Crippen LogP contribution in [0.25, 0.3) is 5.57 Å². The number of hydrogen-bond acceptors (Lipinski definition) is 0. The van der Waals surface area contributed by atoms with Crippen molar-refractivity contribution in [3.8, 4) is 0 Å². The molecule has 3 heteroatoms. The largest absolute Gasteiger partial charge is 1.00 e. The fourth-order valence-electron chi connectivity index (χ4n) is 9.18. The Morgan fingerprint density at radius 3 is 2.05 bits per heavy atom. The predicted octanol–water partition coefficient (Wildman–Crippen LogP) is 5.26. The van der Waals surface area contributed by atoms with E-state index in [-0.39, 0.29) is 46.5 Å². The molecule has 44 heavy (non-hydrogen) atoms. The maximum atomic E-state index is 3.34. The van der Waals surface area contributed by atoms with Crippen LogP contribution in [0, 0.1) is 47.3 Å². The summed E-state index contributed by atoms with van der Waals surface area (Å²) in [6, 6.07) is 13.7. The van der Waals surface area contributed by atoms with Gasteiger partial charge in [0.2, 0.25) is 0 Å². The van der Waals surface area contributed by atoms with Crippen molar-refractivity contribution in [1.82, 2.24) is 0 Å². The number of rotatable bonds is 0. The van der Waals surface area contributed by atoms with E-state index in [0.29, 0.717) is 11.3 Å². The zero-order chi connectivity index (χ0) is 31.6. The first-order valence-corrected chi connectivity index (χ1v) is 17.8. The SMILES string of the molecule is C[C-]1C2=C3Cc4ccccc4C3=C3C=CCCC3C2(C)C(C)(C)C(C)(C)C1(C)C.Cc1cc(C(C)(C)C)c(C)[cH-]1.[CH2]=[Zr+2].[Cl-].[Cl-]. The summed E-state index contributed by atoms with van der Waals surface area (Å²) in [5.74, 6) is 2.24. The third kappa shape index (κ3) is 5.62. The van der Waals surface area contributed by atoms with Crippen LogP contribution in [-0.2, 0) is 36.1 Å². The summed E-state index contributed by atoms with van der Waals surface area (Å²) in [4.78, 5) is 0. The van der Waals surface area contributed by atoms with Gasteiger partial charge in [0.1, 0.15) is 0 Å². The number of halogens is 2. The summed E-state index contributed by atoms with van der Waals surface area (Å²) in [6.07, 6.45) is 8.50. The third-order valence-electron chi connectivity index (χ3n) is 12.8. The van der Waals surface area contributed by atoms with Gasteiger partial charge in [0, 0.05) is 0 Å². The van der Waals surface area contributed by atoms with Gasteiger partial charge in [-0.1, -0.05) is 153 Å². The van der Waals surface area contributed by atoms with Gasteiger partial charge in [-0.05, 0) is 40.6 Å². The maximum absolute atomic E-state index is 3.34. The number of aryl methyl sites for hydroxylation is 2. The van der Waals surface area contributed by atoms with Gasteiger partial charge in [-0.15, -0.1) is 6.92 Å². The molecule has 0 spiro atoms. The summed E-state index contributed by atoms with van der Waals surface area (Å²) >= 11 is 1.30. The van der Waals surface area contributed by atoms with Crippen LogP contribution in [0.5, 0.6) is 0 Å². The molecule has 1 saturated carbocycles. The minimum atomic E-state index is 0. The van der Waals surface area contributed by atoms with Crippen LogP contribution in [0.15, 0.2) is 65.3 Å². The molecule has 1 fully saturated rings. The van der Waals surface area contributed by atoms with Gasteiger partial charge in [-0.3, -0.25) is 0 Å². The molecular formula is C41H56Cl2Zr-2. The van der Waals surface area contributed by atoms with Crippen LogP contribution in [0.3, 0.4) is 0 Å². The molecule has 4 aliphatic rings. The molecule has 4 aliphatic carbocycles. The zero-order valence-corrected chi connectivity index (χ0v) is 33.8. The van der Waals surface area contributed by atoms with E-state index in [9.17, 15) is 0 Å². The molecule has 2 aromatic rings. The number of hydrogen-bond donors (Lipinski definition) is 0. The van der Waals surface area contributed by atoms with Crippen molar-refractivity contribution in [2.75, 3.05) is 0 Å². The number of benzene rings is 1. The van der Waals surface area contributed by atoms with Gasteiger partial charge in [0.05, 0.1) is 0 Å². The van der Waals surface area contributed by atoms with Gasteiger partial charge in [0.25, 0.3) is 0 Å². The summed E-state index contributed by atoms with van der Waals surface area (Å²) in [6.45, 7) is 31.4. The van der Waals surface area contributed by atoms with Gasteiger partial charge < -0.3 is 24.8 Å². The van der Waals surface area contributed by atoms with Crippen molar-refractivity contribution >= 4 is 9.78 Å². The van der Waals surface area contributed by atoms with E-state index in [4.69, 9.17) is 0 Å². The normalized spacial score (nSPS) is 25.1. The van der Waals surface area contributed by atoms with Crippen molar-refractivity contribution in [3.63, 3.8) is 0 Å². The Morgan fingerprint density at radius 1 is 0.932 bits per heavy atom. The van der Waals surface area contributed by atoms with Crippen LogP contribution >= 0.6 is 0 Å². The molecule has 0 aliphatic heterocycles. The molecule has 2 unspecified atom stereocenters. The Hall–Kier alpha value is -1.01. The Morgan fingerprint density at radius 2 is 1.52 bits per heavy atom. The Labute approximate surface area is 298 Å². The molecule has 0 heterocycles. The Balaban J connectivity index is 0.000000384. The first kappa shape index (κ1) is 39.2. The van der Waals surface area contributed by atoms with Gasteiger partial charge in [-0.25, -0.2) is 12.0 Å². The molecule has 2 atom stereocenters. The summed E-state index contributed by atoms with van der Waals surface area (Å²) in [5, 5.41) is 0. The molecule has 6 rings (SSSR count). The first-order chi connectivity index (χ1) is 19.4. The Bertz CT molecular complexity index is 1450. The topological polar surface area (TPSA) is 0 Å². The van der Waals surface area contributed by atoms with Crippen LogP contribution in [-0.4, -0.2) is 4.21 Å². The molecule has 0 nitrogen and oxygen atoms in total. The quantitative estimate of drug-likeness (QED) is 0.328. The molecule has 0 saturated heterocycles. The summed E-state index contributed by atoms with van der Waals surface area (Å²) in [7, 11) is 0. The molecule has 0 radical (unpaired) electrons. The molecule has 0 amide bonds. The minimum absolute atomic E-state index is 0. The third-order valence-corrected chi connectivity index (χ3v) is 12.8. The molecule has 0 aromatic heterocycles. The average Bonchev–Trinajstić information content (AvgIpc) is 3.48. The van der Waals surface area contributed by atoms with E-state index < -0.39 is 0 Å². The van der Waals surface area contributed by atoms with Crippen molar-refractivity contribution in [2.45, 2.75) is 115 Å². The molecule has 2 aromatic carbocycles. The second-order valence-electron chi connectivity index (χ2n) is 16.1. The van der Waals surface area contributed by atoms with E-state index in [1.807, 2.05) is 0 Å². The van der Waals surface area contributed by atoms with E-state index in [1.54, 1.807) is 28.2 Å². The molecule has 0 N–H and O–H groups in total. The van der Waals surface area contributed by atoms with Crippen LogP contribution in [0.1, 0.15) is 117 Å². The standard InChI is InChI=1S/C29H37.C11H17.CH2.2ClH.Zr/c1-18-25-22-17-19-13-9-10-14-20(19)24(22)21-15-11-12-16-23(21)29(25,8)28(6,7)27(4,5)26(18,2)3;1-8-6-9(2)10(7-8)11(3,4)5;;;;/h9-11,13-15,23H,12,16-17H2,1-8H3;6-7H,1-5H3;1H2;2*1H;/q2*-1;;;;+2/p-2.